The largest absolute Gasteiger partial charge is 0.497 e. The highest BCUT2D eigenvalue weighted by atomic mass is 32.2. The summed E-state index contributed by atoms with van der Waals surface area (Å²) < 4.78 is 55.3. The molecule has 0 aliphatic rings. The Labute approximate surface area is 214 Å². The Morgan fingerprint density at radius 3 is 2.25 bits per heavy atom. The average molecular weight is 545 g/mol. The highest BCUT2D eigenvalue weighted by molar-refractivity contribution is 7.91. The first-order valence-electron chi connectivity index (χ1n) is 10.9. The Kier molecular flexibility index (Phi) is 7.43. The van der Waals surface area contributed by atoms with Gasteiger partial charge in [0.1, 0.15) is 5.75 Å². The van der Waals surface area contributed by atoms with E-state index in [0.29, 0.717) is 21.1 Å². The zero-order valence-corrected chi connectivity index (χ0v) is 22.1. The second-order valence-electron chi connectivity index (χ2n) is 8.11. The number of hydrogen-bond donors (Lipinski definition) is 0. The predicted molar refractivity (Wildman–Crippen MR) is 140 cm³/mol. The van der Waals surface area contributed by atoms with Crippen molar-refractivity contribution in [2.45, 2.75) is 22.8 Å². The number of carbonyl (C=O) groups is 1. The van der Waals surface area contributed by atoms with Gasteiger partial charge in [-0.25, -0.2) is 21.8 Å². The molecule has 0 aliphatic heterocycles. The molecule has 0 bridgehead atoms. The van der Waals surface area contributed by atoms with E-state index in [-0.39, 0.29) is 28.5 Å². The van der Waals surface area contributed by atoms with Gasteiger partial charge in [-0.15, -0.1) is 0 Å². The van der Waals surface area contributed by atoms with Crippen molar-refractivity contribution in [2.24, 2.45) is 0 Å². The Morgan fingerprint density at radius 2 is 1.61 bits per heavy atom. The summed E-state index contributed by atoms with van der Waals surface area (Å²) in [6.07, 6.45) is 0.885. The molecule has 0 spiro atoms. The zero-order valence-electron chi connectivity index (χ0n) is 19.6. The van der Waals surface area contributed by atoms with Crippen molar-refractivity contribution in [2.75, 3.05) is 24.0 Å². The molecule has 36 heavy (non-hydrogen) atoms. The molecule has 0 aliphatic carbocycles. The van der Waals surface area contributed by atoms with Crippen LogP contribution in [-0.2, 0) is 31.0 Å². The van der Waals surface area contributed by atoms with Crippen LogP contribution in [0.2, 0.25) is 0 Å². The number of benzene rings is 3. The monoisotopic (exact) mass is 544 g/mol. The summed E-state index contributed by atoms with van der Waals surface area (Å²) in [5, 5.41) is 0.367. The maximum Gasteiger partial charge on any atom is 0.230 e. The Hall–Kier alpha value is -3.28. The van der Waals surface area contributed by atoms with E-state index in [0.717, 1.165) is 11.8 Å². The van der Waals surface area contributed by atoms with Gasteiger partial charge in [0.25, 0.3) is 0 Å². The van der Waals surface area contributed by atoms with E-state index in [2.05, 4.69) is 4.98 Å². The average Bonchev–Trinajstić information content (AvgIpc) is 3.29. The summed E-state index contributed by atoms with van der Waals surface area (Å²) in [5.74, 6) is -0.237. The molecule has 0 unspecified atom stereocenters. The van der Waals surface area contributed by atoms with E-state index in [4.69, 9.17) is 4.74 Å². The smallest absolute Gasteiger partial charge is 0.230 e. The van der Waals surface area contributed by atoms with Crippen LogP contribution in [0, 0.1) is 0 Å². The molecule has 3 aromatic carbocycles. The van der Waals surface area contributed by atoms with Crippen molar-refractivity contribution in [3.63, 3.8) is 0 Å². The number of carbonyl (C=O) groups excluding carboxylic acids is 1. The summed E-state index contributed by atoms with van der Waals surface area (Å²) in [5.41, 5.74) is 1.40. The number of aromatic nitrogens is 1. The van der Waals surface area contributed by atoms with Gasteiger partial charge in [0, 0.05) is 12.7 Å². The van der Waals surface area contributed by atoms with E-state index >= 15 is 0 Å². The number of methoxy groups -OCH3 is 1. The molecule has 4 rings (SSSR count). The molecule has 0 saturated heterocycles. The third-order valence-corrected chi connectivity index (χ3v) is 9.38. The number of thiazole rings is 1. The molecule has 1 aromatic heterocycles. The number of ether oxygens (including phenoxy) is 1. The van der Waals surface area contributed by atoms with E-state index in [1.165, 1.54) is 47.6 Å². The fourth-order valence-electron chi connectivity index (χ4n) is 3.52. The lowest BCUT2D eigenvalue weighted by atomic mass is 10.2. The lowest BCUT2D eigenvalue weighted by Crippen LogP contribution is -2.31. The number of nitrogens with zero attached hydrogens (tertiary/aromatic N) is 2. The minimum atomic E-state index is -3.70. The second kappa shape index (κ2) is 10.4. The molecular weight excluding hydrogens is 520 g/mol. The summed E-state index contributed by atoms with van der Waals surface area (Å²) in [4.78, 5) is 19.6. The predicted octanol–water partition coefficient (Wildman–Crippen LogP) is 4.11. The molecule has 0 fully saturated rings. The van der Waals surface area contributed by atoms with Crippen LogP contribution in [0.4, 0.5) is 5.13 Å². The fraction of sp³-hybridized carbons (Fsp3) is 0.200. The SMILES string of the molecule is COc1ccc(S(=O)(=O)CCC(=O)N(Cc2ccccc2)c2nc3ccc(S(C)(=O)=O)cc3s2)cc1. The summed E-state index contributed by atoms with van der Waals surface area (Å²) in [6.45, 7) is 0.195. The highest BCUT2D eigenvalue weighted by Crippen LogP contribution is 2.32. The summed E-state index contributed by atoms with van der Waals surface area (Å²) >= 11 is 1.18. The molecule has 1 amide bonds. The van der Waals surface area contributed by atoms with E-state index < -0.39 is 25.6 Å². The van der Waals surface area contributed by atoms with Crippen LogP contribution in [-0.4, -0.2) is 46.8 Å². The number of anilines is 1. The van der Waals surface area contributed by atoms with Gasteiger partial charge in [-0.1, -0.05) is 41.7 Å². The third kappa shape index (κ3) is 5.92. The van der Waals surface area contributed by atoms with Gasteiger partial charge in [0.05, 0.1) is 39.4 Å². The van der Waals surface area contributed by atoms with Gasteiger partial charge in [0.2, 0.25) is 5.91 Å². The van der Waals surface area contributed by atoms with Gasteiger partial charge in [-0.3, -0.25) is 9.69 Å². The van der Waals surface area contributed by atoms with Gasteiger partial charge in [-0.05, 0) is 48.0 Å². The Balaban J connectivity index is 1.62. The first kappa shape index (κ1) is 25.8. The number of rotatable bonds is 9. The molecule has 1 heterocycles. The van der Waals surface area contributed by atoms with Crippen LogP contribution >= 0.6 is 11.3 Å². The van der Waals surface area contributed by atoms with Gasteiger partial charge in [-0.2, -0.15) is 0 Å². The molecule has 0 atom stereocenters. The lowest BCUT2D eigenvalue weighted by Gasteiger charge is -2.20. The number of sulfone groups is 2. The van der Waals surface area contributed by atoms with Crippen molar-refractivity contribution >= 4 is 52.3 Å². The van der Waals surface area contributed by atoms with Gasteiger partial charge < -0.3 is 4.74 Å². The molecule has 8 nitrogen and oxygen atoms in total. The quantitative estimate of drug-likeness (QED) is 0.312. The molecular formula is C25H24N2O6S3. The molecule has 0 saturated carbocycles. The maximum absolute atomic E-state index is 13.3. The van der Waals surface area contributed by atoms with Crippen LogP contribution in [0.25, 0.3) is 10.2 Å². The lowest BCUT2D eigenvalue weighted by molar-refractivity contribution is -0.118. The van der Waals surface area contributed by atoms with Crippen molar-refractivity contribution < 1.29 is 26.4 Å². The third-order valence-electron chi connectivity index (χ3n) is 5.50. The summed E-state index contributed by atoms with van der Waals surface area (Å²) in [7, 11) is -5.61. The first-order valence-corrected chi connectivity index (χ1v) is 15.2. The fourth-order valence-corrected chi connectivity index (χ4v) is 6.50. The number of amides is 1. The molecule has 188 valence electrons. The number of fused-ring (bicyclic) bond motifs is 1. The van der Waals surface area contributed by atoms with Crippen LogP contribution < -0.4 is 9.64 Å². The normalized spacial score (nSPS) is 11.9. The van der Waals surface area contributed by atoms with Crippen molar-refractivity contribution in [3.05, 3.63) is 78.4 Å². The van der Waals surface area contributed by atoms with Crippen LogP contribution in [0.5, 0.6) is 5.75 Å². The Bertz CT molecular complexity index is 1600. The Morgan fingerprint density at radius 1 is 0.944 bits per heavy atom. The standard InChI is InChI=1S/C25H24N2O6S3/c1-33-19-8-10-20(11-9-19)36(31,32)15-14-24(28)27(17-18-6-4-3-5-7-18)25-26-22-13-12-21(35(2,29)30)16-23(22)34-25/h3-13,16H,14-15,17H2,1-2H3. The molecule has 0 radical (unpaired) electrons. The second-order valence-corrected chi connectivity index (χ2v) is 13.2. The summed E-state index contributed by atoms with van der Waals surface area (Å²) in [6, 6.07) is 19.9. The van der Waals surface area contributed by atoms with Crippen molar-refractivity contribution in [3.8, 4) is 5.75 Å². The van der Waals surface area contributed by atoms with E-state index in [9.17, 15) is 21.6 Å². The van der Waals surface area contributed by atoms with E-state index in [1.807, 2.05) is 30.3 Å². The van der Waals surface area contributed by atoms with Crippen LogP contribution in [0.3, 0.4) is 0 Å². The van der Waals surface area contributed by atoms with Crippen molar-refractivity contribution in [1.82, 2.24) is 4.98 Å². The minimum Gasteiger partial charge on any atom is -0.497 e. The highest BCUT2D eigenvalue weighted by Gasteiger charge is 2.24. The van der Waals surface area contributed by atoms with Crippen LogP contribution in [0.15, 0.2) is 82.6 Å². The molecule has 0 N–H and O–H groups in total. The number of hydrogen-bond acceptors (Lipinski definition) is 8. The van der Waals surface area contributed by atoms with Crippen LogP contribution in [0.1, 0.15) is 12.0 Å². The first-order chi connectivity index (χ1) is 17.1. The van der Waals surface area contributed by atoms with E-state index in [1.54, 1.807) is 18.2 Å². The zero-order chi connectivity index (χ0) is 25.9. The molecule has 4 aromatic rings. The minimum absolute atomic E-state index is 0.110. The van der Waals surface area contributed by atoms with Gasteiger partial charge >= 0.3 is 0 Å². The maximum atomic E-state index is 13.3. The van der Waals surface area contributed by atoms with Crippen molar-refractivity contribution in [1.29, 1.82) is 0 Å². The van der Waals surface area contributed by atoms with Gasteiger partial charge in [0.15, 0.2) is 24.8 Å². The molecule has 11 heteroatoms. The topological polar surface area (TPSA) is 111 Å².